The maximum atomic E-state index is 11.6. The average Bonchev–Trinajstić information content (AvgIpc) is 3.37. The van der Waals surface area contributed by atoms with E-state index in [-0.39, 0.29) is 11.3 Å². The van der Waals surface area contributed by atoms with E-state index in [1.54, 1.807) is 6.07 Å². The molecule has 0 aliphatic rings. The fourth-order valence-electron chi connectivity index (χ4n) is 4.35. The summed E-state index contributed by atoms with van der Waals surface area (Å²) in [5.74, 6) is 0.514. The topological polar surface area (TPSA) is 102 Å². The van der Waals surface area contributed by atoms with Crippen LogP contribution in [0.4, 0.5) is 11.4 Å². The molecule has 0 fully saturated rings. The minimum Gasteiger partial charge on any atom is -0.502 e. The van der Waals surface area contributed by atoms with Crippen molar-refractivity contribution in [1.82, 2.24) is 4.98 Å². The maximum Gasteiger partial charge on any atom is 0.311 e. The van der Waals surface area contributed by atoms with Crippen LogP contribution in [0.5, 0.6) is 5.75 Å². The molecule has 0 aliphatic carbocycles. The molecule has 0 saturated carbocycles. The predicted molar refractivity (Wildman–Crippen MR) is 149 cm³/mol. The van der Waals surface area contributed by atoms with Gasteiger partial charge in [-0.2, -0.15) is 0 Å². The van der Waals surface area contributed by atoms with Crippen LogP contribution in [0.25, 0.3) is 22.6 Å². The lowest BCUT2D eigenvalue weighted by Gasteiger charge is -2.07. The summed E-state index contributed by atoms with van der Waals surface area (Å²) in [6.07, 6.45) is 2.99. The van der Waals surface area contributed by atoms with Crippen molar-refractivity contribution in [3.05, 3.63) is 117 Å². The van der Waals surface area contributed by atoms with Crippen LogP contribution in [0.2, 0.25) is 0 Å². The zero-order chi connectivity index (χ0) is 26.6. The molecule has 0 unspecified atom stereocenters. The van der Waals surface area contributed by atoms with Crippen molar-refractivity contribution in [2.24, 2.45) is 4.99 Å². The molecule has 1 atom stereocenters. The predicted octanol–water partition coefficient (Wildman–Crippen LogP) is 7.96. The third-order valence-electron chi connectivity index (χ3n) is 6.67. The third-order valence-corrected chi connectivity index (χ3v) is 6.67. The number of nitro groups is 1. The Morgan fingerprint density at radius 1 is 1.03 bits per heavy atom. The van der Waals surface area contributed by atoms with Crippen molar-refractivity contribution >= 4 is 28.7 Å². The van der Waals surface area contributed by atoms with Crippen molar-refractivity contribution in [3.63, 3.8) is 0 Å². The van der Waals surface area contributed by atoms with Gasteiger partial charge < -0.3 is 9.52 Å². The number of nitro benzene ring substituents is 1. The van der Waals surface area contributed by atoms with Gasteiger partial charge in [0.2, 0.25) is 11.6 Å². The van der Waals surface area contributed by atoms with Gasteiger partial charge in [0.15, 0.2) is 5.58 Å². The molecule has 4 aromatic carbocycles. The van der Waals surface area contributed by atoms with Crippen LogP contribution in [-0.2, 0) is 6.42 Å². The summed E-state index contributed by atoms with van der Waals surface area (Å²) < 4.78 is 6.00. The van der Waals surface area contributed by atoms with Gasteiger partial charge in [0, 0.05) is 23.4 Å². The lowest BCUT2D eigenvalue weighted by molar-refractivity contribution is -0.385. The smallest absolute Gasteiger partial charge is 0.311 e. The number of aromatic hydroxyl groups is 1. The van der Waals surface area contributed by atoms with Gasteiger partial charge in [-0.05, 0) is 71.8 Å². The first-order valence-corrected chi connectivity index (χ1v) is 12.5. The summed E-state index contributed by atoms with van der Waals surface area (Å²) in [6.45, 7) is 4.35. The van der Waals surface area contributed by atoms with E-state index in [1.807, 2.05) is 60.7 Å². The lowest BCUT2D eigenvalue weighted by atomic mass is 9.98. The van der Waals surface area contributed by atoms with Crippen LogP contribution in [0.3, 0.4) is 0 Å². The molecular weight excluding hydrogens is 478 g/mol. The second-order valence-corrected chi connectivity index (χ2v) is 9.34. The normalized spacial score (nSPS) is 12.3. The molecule has 7 heteroatoms. The summed E-state index contributed by atoms with van der Waals surface area (Å²) in [6, 6.07) is 26.2. The van der Waals surface area contributed by atoms with E-state index in [0.29, 0.717) is 35.1 Å². The lowest BCUT2D eigenvalue weighted by Crippen LogP contribution is -1.97. The minimum absolute atomic E-state index is 0.273. The molecule has 190 valence electrons. The van der Waals surface area contributed by atoms with Gasteiger partial charge in [0.05, 0.1) is 10.6 Å². The zero-order valence-electron chi connectivity index (χ0n) is 21.2. The number of aromatic nitrogens is 1. The van der Waals surface area contributed by atoms with E-state index in [0.717, 1.165) is 23.1 Å². The Kier molecular flexibility index (Phi) is 7.00. The Bertz CT molecular complexity index is 1640. The molecule has 0 radical (unpaired) electrons. The Hall–Kier alpha value is -4.78. The van der Waals surface area contributed by atoms with Gasteiger partial charge in [0.1, 0.15) is 5.52 Å². The van der Waals surface area contributed by atoms with Gasteiger partial charge in [0.25, 0.3) is 0 Å². The van der Waals surface area contributed by atoms with Crippen molar-refractivity contribution in [3.8, 4) is 17.2 Å². The van der Waals surface area contributed by atoms with Crippen molar-refractivity contribution in [1.29, 1.82) is 0 Å². The number of hydrogen-bond acceptors (Lipinski definition) is 6. The first kappa shape index (κ1) is 24.9. The van der Waals surface area contributed by atoms with Crippen molar-refractivity contribution in [2.45, 2.75) is 32.6 Å². The Labute approximate surface area is 220 Å². The Morgan fingerprint density at radius 3 is 2.61 bits per heavy atom. The first-order valence-electron chi connectivity index (χ1n) is 12.5. The number of hydrogen-bond donors (Lipinski definition) is 1. The second kappa shape index (κ2) is 10.7. The number of phenols is 1. The summed E-state index contributed by atoms with van der Waals surface area (Å²) in [7, 11) is 0. The number of fused-ring (bicyclic) bond motifs is 1. The highest BCUT2D eigenvalue weighted by atomic mass is 16.6. The quantitative estimate of drug-likeness (QED) is 0.131. The summed E-state index contributed by atoms with van der Waals surface area (Å²) in [5.41, 5.74) is 5.74. The summed E-state index contributed by atoms with van der Waals surface area (Å²) in [5, 5.41) is 22.1. The molecule has 1 heterocycles. The fourth-order valence-corrected chi connectivity index (χ4v) is 4.35. The third kappa shape index (κ3) is 5.32. The number of nitrogens with zero attached hydrogens (tertiary/aromatic N) is 3. The van der Waals surface area contributed by atoms with Gasteiger partial charge in [-0.15, -0.1) is 0 Å². The second-order valence-electron chi connectivity index (χ2n) is 9.34. The van der Waals surface area contributed by atoms with E-state index in [2.05, 4.69) is 36.0 Å². The van der Waals surface area contributed by atoms with E-state index in [4.69, 9.17) is 4.42 Å². The largest absolute Gasteiger partial charge is 0.502 e. The highest BCUT2D eigenvalue weighted by molar-refractivity contribution is 5.88. The number of rotatable bonds is 8. The first-order chi connectivity index (χ1) is 18.4. The van der Waals surface area contributed by atoms with Crippen molar-refractivity contribution < 1.29 is 14.4 Å². The summed E-state index contributed by atoms with van der Waals surface area (Å²) >= 11 is 0. The van der Waals surface area contributed by atoms with Gasteiger partial charge in [-0.3, -0.25) is 15.1 Å². The average molecular weight is 506 g/mol. The molecule has 5 rings (SSSR count). The SMILES string of the molecule is CC[C@H](C)c1ccc2oc(-c3cccc(N=Cc4cc(Cc5ccccc5)cc([N+](=O)[O-])c4O)c3)nc2c1. The molecule has 0 amide bonds. The van der Waals surface area contributed by atoms with Gasteiger partial charge in [-0.25, -0.2) is 4.98 Å². The number of benzene rings is 4. The van der Waals surface area contributed by atoms with E-state index >= 15 is 0 Å². The molecule has 38 heavy (non-hydrogen) atoms. The minimum atomic E-state index is -0.582. The molecular formula is C31H27N3O4. The molecule has 0 spiro atoms. The van der Waals surface area contributed by atoms with Gasteiger partial charge >= 0.3 is 5.69 Å². The molecule has 5 aromatic rings. The van der Waals surface area contributed by atoms with Crippen LogP contribution in [-0.4, -0.2) is 21.2 Å². The highest BCUT2D eigenvalue weighted by Crippen LogP contribution is 2.33. The number of oxazole rings is 1. The van der Waals surface area contributed by atoms with Crippen LogP contribution in [0.1, 0.15) is 48.4 Å². The Balaban J connectivity index is 1.45. The van der Waals surface area contributed by atoms with Crippen molar-refractivity contribution in [2.75, 3.05) is 0 Å². The van der Waals surface area contributed by atoms with E-state index in [1.165, 1.54) is 17.8 Å². The Morgan fingerprint density at radius 2 is 1.84 bits per heavy atom. The van der Waals surface area contributed by atoms with E-state index in [9.17, 15) is 15.2 Å². The molecule has 0 bridgehead atoms. The molecule has 1 aromatic heterocycles. The van der Waals surface area contributed by atoms with Crippen LogP contribution >= 0.6 is 0 Å². The van der Waals surface area contributed by atoms with E-state index < -0.39 is 10.7 Å². The summed E-state index contributed by atoms with van der Waals surface area (Å²) in [4.78, 5) is 20.2. The molecule has 0 saturated heterocycles. The number of aliphatic imine (C=N–C) groups is 1. The molecule has 0 aliphatic heterocycles. The standard InChI is InChI=1S/C31H27N3O4/c1-3-20(2)23-12-13-29-27(18-23)33-31(38-29)24-10-7-11-26(17-24)32-19-25-15-22(14-21-8-5-4-6-9-21)16-28(30(25)35)34(36)37/h4-13,15-20,35H,3,14H2,1-2H3/t20-/m0/s1. The monoisotopic (exact) mass is 505 g/mol. The zero-order valence-corrected chi connectivity index (χ0v) is 21.2. The fraction of sp³-hybridized carbons (Fsp3) is 0.161. The molecule has 1 N–H and O–H groups in total. The molecule has 7 nitrogen and oxygen atoms in total. The van der Waals surface area contributed by atoms with Gasteiger partial charge in [-0.1, -0.05) is 56.3 Å². The van der Waals surface area contributed by atoms with Crippen LogP contribution in [0.15, 0.2) is 94.3 Å². The van der Waals surface area contributed by atoms with Crippen LogP contribution in [0, 0.1) is 10.1 Å². The van der Waals surface area contributed by atoms with Crippen LogP contribution < -0.4 is 0 Å². The maximum absolute atomic E-state index is 11.6. The number of phenolic OH excluding ortho intramolecular Hbond substituents is 1. The highest BCUT2D eigenvalue weighted by Gasteiger charge is 2.19.